The van der Waals surface area contributed by atoms with Gasteiger partial charge in [0.2, 0.25) is 0 Å². The molecule has 0 aliphatic rings. The summed E-state index contributed by atoms with van der Waals surface area (Å²) in [5.74, 6) is -0.176. The van der Waals surface area contributed by atoms with E-state index in [4.69, 9.17) is 22.0 Å². The largest absolute Gasteiger partial charge is 0.383 e. The lowest BCUT2D eigenvalue weighted by Crippen LogP contribution is -2.11. The van der Waals surface area contributed by atoms with Crippen LogP contribution in [0.5, 0.6) is 0 Å². The fraction of sp³-hybridized carbons (Fsp3) is 0.222. The number of nitriles is 2. The molecule has 0 aromatic carbocycles. The number of thiophene rings is 2. The third kappa shape index (κ3) is 3.38. The molecule has 3 aromatic rings. The Kier molecular flexibility index (Phi) is 5.17. The van der Waals surface area contributed by atoms with Gasteiger partial charge in [-0.05, 0) is 30.5 Å². The molecule has 0 radical (unpaired) electrons. The second kappa shape index (κ2) is 7.52. The van der Waals surface area contributed by atoms with Crippen molar-refractivity contribution in [2.45, 2.75) is 25.7 Å². The number of aryl methyl sites for hydroxylation is 2. The lowest BCUT2D eigenvalue weighted by molar-refractivity contribution is 0.100. The van der Waals surface area contributed by atoms with Gasteiger partial charge in [-0.25, -0.2) is 4.98 Å². The topological polar surface area (TPSA) is 130 Å². The highest BCUT2D eigenvalue weighted by Gasteiger charge is 2.17. The molecule has 3 rings (SSSR count). The van der Waals surface area contributed by atoms with Gasteiger partial charge in [-0.15, -0.1) is 22.7 Å². The lowest BCUT2D eigenvalue weighted by Gasteiger charge is -1.99. The van der Waals surface area contributed by atoms with Crippen LogP contribution in [0, 0.1) is 22.7 Å². The van der Waals surface area contributed by atoms with Gasteiger partial charge in [-0.2, -0.15) is 10.5 Å². The minimum atomic E-state index is -0.536. The first-order chi connectivity index (χ1) is 12.5. The van der Waals surface area contributed by atoms with Crippen LogP contribution in [-0.4, -0.2) is 10.9 Å². The number of amides is 1. The maximum atomic E-state index is 11.7. The highest BCUT2D eigenvalue weighted by molar-refractivity contribution is 7.26. The number of anilines is 1. The van der Waals surface area contributed by atoms with E-state index in [2.05, 4.69) is 23.2 Å². The molecular formula is C18H15N5OS2. The second-order valence-electron chi connectivity index (χ2n) is 5.65. The molecule has 0 saturated heterocycles. The van der Waals surface area contributed by atoms with Crippen LogP contribution in [0.1, 0.15) is 33.6 Å². The van der Waals surface area contributed by atoms with Crippen molar-refractivity contribution in [3.8, 4) is 21.9 Å². The summed E-state index contributed by atoms with van der Waals surface area (Å²) in [5.41, 5.74) is 12.9. The first-order valence-corrected chi connectivity index (χ1v) is 9.52. The number of carbonyl (C=O) groups excluding carboxylic acids is 1. The van der Waals surface area contributed by atoms with Crippen molar-refractivity contribution in [2.75, 3.05) is 5.73 Å². The minimum absolute atomic E-state index is 0.358. The van der Waals surface area contributed by atoms with E-state index in [9.17, 15) is 4.79 Å². The molecule has 6 nitrogen and oxygen atoms in total. The summed E-state index contributed by atoms with van der Waals surface area (Å²) in [7, 11) is 0. The van der Waals surface area contributed by atoms with Gasteiger partial charge in [0.25, 0.3) is 5.91 Å². The summed E-state index contributed by atoms with van der Waals surface area (Å²) in [6.07, 6.45) is 3.61. The van der Waals surface area contributed by atoms with Crippen LogP contribution >= 0.6 is 22.7 Å². The van der Waals surface area contributed by atoms with Crippen LogP contribution < -0.4 is 11.5 Å². The highest BCUT2D eigenvalue weighted by atomic mass is 32.1. The van der Waals surface area contributed by atoms with Gasteiger partial charge < -0.3 is 11.5 Å². The van der Waals surface area contributed by atoms with E-state index < -0.39 is 5.91 Å². The Morgan fingerprint density at radius 1 is 1.12 bits per heavy atom. The van der Waals surface area contributed by atoms with Crippen molar-refractivity contribution >= 4 is 44.5 Å². The third-order valence-electron chi connectivity index (χ3n) is 3.96. The Balaban J connectivity index is 2.08. The summed E-state index contributed by atoms with van der Waals surface area (Å²) >= 11 is 3.06. The summed E-state index contributed by atoms with van der Waals surface area (Å²) in [4.78, 5) is 18.8. The predicted molar refractivity (Wildman–Crippen MR) is 104 cm³/mol. The quantitative estimate of drug-likeness (QED) is 0.673. The van der Waals surface area contributed by atoms with Gasteiger partial charge in [-0.1, -0.05) is 0 Å². The Hall–Kier alpha value is -2.94. The van der Waals surface area contributed by atoms with E-state index in [0.717, 1.165) is 24.9 Å². The fourth-order valence-corrected chi connectivity index (χ4v) is 5.18. The molecule has 130 valence electrons. The monoisotopic (exact) mass is 381 g/mol. The molecular weight excluding hydrogens is 366 g/mol. The number of aromatic nitrogens is 1. The second-order valence-corrected chi connectivity index (χ2v) is 7.84. The molecule has 0 atom stereocenters. The average Bonchev–Trinajstić information content (AvgIpc) is 3.22. The van der Waals surface area contributed by atoms with Crippen molar-refractivity contribution in [1.29, 1.82) is 10.5 Å². The van der Waals surface area contributed by atoms with Crippen molar-refractivity contribution in [1.82, 2.24) is 4.98 Å². The van der Waals surface area contributed by atoms with E-state index in [1.165, 1.54) is 17.5 Å². The van der Waals surface area contributed by atoms with Gasteiger partial charge in [0.05, 0.1) is 22.4 Å². The standard InChI is InChI=1S/C18H15N5OS2/c19-5-1-3-10-7-14(25-13(10)4-2-6-20)15-8-11-16(26-15)12(18(22)24)9-23-17(11)21/h7-9H,1-4H2,(H2,21,23)(H2,22,24). The van der Waals surface area contributed by atoms with Crippen LogP contribution in [0.3, 0.4) is 0 Å². The normalized spacial score (nSPS) is 10.5. The van der Waals surface area contributed by atoms with Gasteiger partial charge in [0.15, 0.2) is 0 Å². The number of pyridine rings is 1. The number of primary amides is 1. The Morgan fingerprint density at radius 2 is 1.81 bits per heavy atom. The third-order valence-corrected chi connectivity index (χ3v) is 6.56. The highest BCUT2D eigenvalue weighted by Crippen LogP contribution is 2.41. The molecule has 0 fully saturated rings. The van der Waals surface area contributed by atoms with E-state index in [1.54, 1.807) is 11.3 Å². The van der Waals surface area contributed by atoms with E-state index in [0.29, 0.717) is 42.5 Å². The molecule has 26 heavy (non-hydrogen) atoms. The summed E-state index contributed by atoms with van der Waals surface area (Å²) in [6, 6.07) is 8.31. The zero-order valence-electron chi connectivity index (χ0n) is 13.8. The van der Waals surface area contributed by atoms with Gasteiger partial charge in [0, 0.05) is 39.1 Å². The summed E-state index contributed by atoms with van der Waals surface area (Å²) in [5, 5.41) is 18.4. The van der Waals surface area contributed by atoms with Gasteiger partial charge in [0.1, 0.15) is 5.82 Å². The maximum absolute atomic E-state index is 11.7. The van der Waals surface area contributed by atoms with Crippen molar-refractivity contribution < 1.29 is 4.79 Å². The molecule has 3 heterocycles. The van der Waals surface area contributed by atoms with Gasteiger partial charge in [-0.3, -0.25) is 4.79 Å². The van der Waals surface area contributed by atoms with Crippen LogP contribution in [0.2, 0.25) is 0 Å². The SMILES string of the molecule is N#CCCc1cc(-c2cc3c(N)ncc(C(N)=O)c3s2)sc1CCC#N. The Labute approximate surface area is 158 Å². The molecule has 0 unspecified atom stereocenters. The van der Waals surface area contributed by atoms with Crippen LogP contribution in [-0.2, 0) is 12.8 Å². The van der Waals surface area contributed by atoms with Gasteiger partial charge >= 0.3 is 0 Å². The summed E-state index contributed by atoms with van der Waals surface area (Å²) in [6.45, 7) is 0. The first-order valence-electron chi connectivity index (χ1n) is 7.88. The number of hydrogen-bond acceptors (Lipinski definition) is 7. The number of fused-ring (bicyclic) bond motifs is 1. The molecule has 0 saturated carbocycles. The number of rotatable bonds is 6. The Bertz CT molecular complexity index is 1030. The molecule has 0 spiro atoms. The van der Waals surface area contributed by atoms with Crippen LogP contribution in [0.15, 0.2) is 18.3 Å². The Morgan fingerprint density at radius 3 is 2.50 bits per heavy atom. The molecule has 0 aliphatic carbocycles. The molecule has 3 aromatic heterocycles. The lowest BCUT2D eigenvalue weighted by atomic mass is 10.1. The molecule has 1 amide bonds. The molecule has 8 heteroatoms. The predicted octanol–water partition coefficient (Wildman–Crippen LogP) is 3.62. The fourth-order valence-electron chi connectivity index (χ4n) is 2.71. The molecule has 0 aliphatic heterocycles. The van der Waals surface area contributed by atoms with Crippen molar-refractivity contribution in [3.05, 3.63) is 34.3 Å². The summed E-state index contributed by atoms with van der Waals surface area (Å²) < 4.78 is 0.727. The van der Waals surface area contributed by atoms with Crippen LogP contribution in [0.4, 0.5) is 5.82 Å². The number of carbonyl (C=O) groups is 1. The zero-order chi connectivity index (χ0) is 18.7. The number of nitrogens with two attached hydrogens (primary N) is 2. The molecule has 4 N–H and O–H groups in total. The van der Waals surface area contributed by atoms with E-state index in [-0.39, 0.29) is 0 Å². The number of nitrogen functional groups attached to an aromatic ring is 1. The minimum Gasteiger partial charge on any atom is -0.383 e. The van der Waals surface area contributed by atoms with E-state index in [1.807, 2.05) is 6.07 Å². The smallest absolute Gasteiger partial charge is 0.251 e. The average molecular weight is 381 g/mol. The zero-order valence-corrected chi connectivity index (χ0v) is 15.4. The first kappa shape index (κ1) is 17.9. The van der Waals surface area contributed by atoms with Crippen molar-refractivity contribution in [2.24, 2.45) is 5.73 Å². The molecule has 0 bridgehead atoms. The van der Waals surface area contributed by atoms with Crippen molar-refractivity contribution in [3.63, 3.8) is 0 Å². The van der Waals surface area contributed by atoms with Crippen LogP contribution in [0.25, 0.3) is 19.8 Å². The maximum Gasteiger partial charge on any atom is 0.251 e. The number of nitrogens with zero attached hydrogens (tertiary/aromatic N) is 3. The number of hydrogen-bond donors (Lipinski definition) is 2. The van der Waals surface area contributed by atoms with E-state index >= 15 is 0 Å².